The number of hydrogen-bond acceptors (Lipinski definition) is 6. The molecule has 1 aliphatic heterocycles. The molecule has 0 radical (unpaired) electrons. The van der Waals surface area contributed by atoms with Gasteiger partial charge in [-0.1, -0.05) is 81.6 Å². The Balaban J connectivity index is 0.000000197. The van der Waals surface area contributed by atoms with Gasteiger partial charge in [-0.3, -0.25) is 4.99 Å². The van der Waals surface area contributed by atoms with Crippen molar-refractivity contribution in [2.45, 2.75) is 113 Å². The van der Waals surface area contributed by atoms with Crippen molar-refractivity contribution >= 4 is 67.3 Å². The molecule has 0 spiro atoms. The zero-order valence-corrected chi connectivity index (χ0v) is 38.1. The number of ether oxygens (including phenoxy) is 2. The number of allylic oxidation sites excluding steroid dienone is 1. The second-order valence-corrected chi connectivity index (χ2v) is 15.9. The molecule has 4 aromatic carbocycles. The van der Waals surface area contributed by atoms with E-state index in [1.807, 2.05) is 46.9 Å². The maximum atomic E-state index is 14.2. The van der Waals surface area contributed by atoms with E-state index in [0.717, 1.165) is 23.9 Å². The number of hydrogen-bond donors (Lipinski definition) is 1. The Labute approximate surface area is 361 Å². The number of halogens is 5. The summed E-state index contributed by atoms with van der Waals surface area (Å²) in [6.45, 7) is 19.0. The predicted octanol–water partition coefficient (Wildman–Crippen LogP) is 15.1. The number of aryl methyl sites for hydroxylation is 3. The molecule has 1 aromatic heterocycles. The molecule has 0 bridgehead atoms. The predicted molar refractivity (Wildman–Crippen MR) is 243 cm³/mol. The number of nitrogens with one attached hydrogen (secondary N) is 1. The van der Waals surface area contributed by atoms with Gasteiger partial charge in [0.2, 0.25) is 0 Å². The number of rotatable bonds is 7. The van der Waals surface area contributed by atoms with Gasteiger partial charge in [0, 0.05) is 23.4 Å². The van der Waals surface area contributed by atoms with E-state index >= 15 is 0 Å². The molecule has 0 amide bonds. The van der Waals surface area contributed by atoms with Gasteiger partial charge < -0.3 is 14.8 Å². The fourth-order valence-corrected chi connectivity index (χ4v) is 7.05. The third-order valence-electron chi connectivity index (χ3n) is 10.0. The lowest BCUT2D eigenvalue weighted by Gasteiger charge is -2.24. The molecule has 2 unspecified atom stereocenters. The van der Waals surface area contributed by atoms with Gasteiger partial charge in [0.1, 0.15) is 30.7 Å². The van der Waals surface area contributed by atoms with Crippen LogP contribution in [0, 0.1) is 18.6 Å². The molecule has 310 valence electrons. The first-order chi connectivity index (χ1) is 27.8. The van der Waals surface area contributed by atoms with Crippen molar-refractivity contribution in [3.05, 3.63) is 127 Å². The highest BCUT2D eigenvalue weighted by atomic mass is 79.9. The molecule has 1 aliphatic carbocycles. The molecular formula is C47H55BrCl2F2N4O2. The van der Waals surface area contributed by atoms with E-state index in [1.165, 1.54) is 54.3 Å². The van der Waals surface area contributed by atoms with Crippen molar-refractivity contribution in [2.24, 2.45) is 4.99 Å². The van der Waals surface area contributed by atoms with Crippen molar-refractivity contribution in [1.82, 2.24) is 9.97 Å². The monoisotopic (exact) mass is 894 g/mol. The summed E-state index contributed by atoms with van der Waals surface area (Å²) >= 11 is 14.5. The Morgan fingerprint density at radius 3 is 2.38 bits per heavy atom. The quantitative estimate of drug-likeness (QED) is 0.130. The van der Waals surface area contributed by atoms with E-state index in [2.05, 4.69) is 76.0 Å². The second kappa shape index (κ2) is 22.4. The maximum Gasteiger partial charge on any atom is 0.163 e. The van der Waals surface area contributed by atoms with Crippen LogP contribution >= 0.6 is 39.1 Å². The topological polar surface area (TPSA) is 68.6 Å². The third-order valence-corrected chi connectivity index (χ3v) is 11.4. The highest BCUT2D eigenvalue weighted by Gasteiger charge is 2.20. The smallest absolute Gasteiger partial charge is 0.163 e. The molecule has 2 atom stereocenters. The van der Waals surface area contributed by atoms with Crippen molar-refractivity contribution < 1.29 is 18.3 Å². The first-order valence-corrected chi connectivity index (χ1v) is 21.6. The van der Waals surface area contributed by atoms with Crippen LogP contribution < -0.4 is 14.8 Å². The molecule has 1 N–H and O–H groups in total. The standard InChI is InChI=1S/C18H25N.C17H13BrFN3O2.C10H11Cl2F.C2H6/c1-5-13(2)12-19-15(4)18-11-17-9-7-6-8-16(17)10-14(18)3;1-9-7-23-14-6-13-10(5-15(14)24-9)17(21-8-20-13)22-12-4-2-3-11(18)16(12)19;1-3-6(2)7-4-5-8(11)9(12)10(7)13;1-2/h10-12H,5-9H2,1-4H3;2-6,8-9H,7H2,1H3,(H,20,21,22);4-6H,3H2,1-2H3;1-2H3/b13-12+,19-15?;;;. The van der Waals surface area contributed by atoms with Crippen LogP contribution in [0.25, 0.3) is 10.9 Å². The second-order valence-electron chi connectivity index (χ2n) is 14.3. The lowest BCUT2D eigenvalue weighted by molar-refractivity contribution is 0.104. The Bertz CT molecular complexity index is 2250. The molecule has 7 rings (SSSR count). The molecule has 0 fully saturated rings. The largest absolute Gasteiger partial charge is 0.486 e. The fourth-order valence-electron chi connectivity index (χ4n) is 6.36. The fraction of sp³-hybridized carbons (Fsp3) is 0.383. The van der Waals surface area contributed by atoms with E-state index in [9.17, 15) is 8.78 Å². The number of benzene rings is 4. The van der Waals surface area contributed by atoms with Crippen LogP contribution in [0.3, 0.4) is 0 Å². The third kappa shape index (κ3) is 12.0. The number of aliphatic imine (C=N–C) groups is 1. The normalized spacial score (nSPS) is 15.1. The van der Waals surface area contributed by atoms with Crippen LogP contribution in [0.2, 0.25) is 10.0 Å². The molecule has 11 heteroatoms. The van der Waals surface area contributed by atoms with E-state index in [1.54, 1.807) is 42.0 Å². The summed E-state index contributed by atoms with van der Waals surface area (Å²) in [4.78, 5) is 13.1. The number of nitrogens with zero attached hydrogens (tertiary/aromatic N) is 3. The summed E-state index contributed by atoms with van der Waals surface area (Å²) in [5, 5.41) is 4.05. The van der Waals surface area contributed by atoms with Gasteiger partial charge in [0.15, 0.2) is 17.3 Å². The van der Waals surface area contributed by atoms with Crippen molar-refractivity contribution in [2.75, 3.05) is 11.9 Å². The number of aromatic nitrogens is 2. The van der Waals surface area contributed by atoms with Gasteiger partial charge in [0.25, 0.3) is 0 Å². The van der Waals surface area contributed by atoms with E-state index in [-0.39, 0.29) is 33.7 Å². The van der Waals surface area contributed by atoms with Crippen LogP contribution in [0.4, 0.5) is 20.3 Å². The minimum Gasteiger partial charge on any atom is -0.486 e. The summed E-state index contributed by atoms with van der Waals surface area (Å²) in [5.41, 5.74) is 9.90. The molecule has 0 saturated heterocycles. The molecule has 2 aliphatic rings. The molecule has 6 nitrogen and oxygen atoms in total. The summed E-state index contributed by atoms with van der Waals surface area (Å²) in [7, 11) is 0. The molecule has 5 aromatic rings. The van der Waals surface area contributed by atoms with Crippen LogP contribution in [0.15, 0.2) is 82.2 Å². The lowest BCUT2D eigenvalue weighted by Crippen LogP contribution is -2.25. The Morgan fingerprint density at radius 2 is 1.69 bits per heavy atom. The van der Waals surface area contributed by atoms with Crippen molar-refractivity contribution in [3.8, 4) is 11.5 Å². The first-order valence-electron chi connectivity index (χ1n) is 20.1. The molecule has 58 heavy (non-hydrogen) atoms. The van der Waals surface area contributed by atoms with Gasteiger partial charge in [-0.2, -0.15) is 0 Å². The van der Waals surface area contributed by atoms with Gasteiger partial charge in [-0.15, -0.1) is 0 Å². The Morgan fingerprint density at radius 1 is 0.983 bits per heavy atom. The van der Waals surface area contributed by atoms with Crippen LogP contribution in [-0.2, 0) is 12.8 Å². The van der Waals surface area contributed by atoms with E-state index in [0.29, 0.717) is 45.2 Å². The Kier molecular flexibility index (Phi) is 18.0. The number of anilines is 2. The van der Waals surface area contributed by atoms with Gasteiger partial charge in [0.05, 0.1) is 25.7 Å². The highest BCUT2D eigenvalue weighted by Crippen LogP contribution is 2.38. The molecule has 2 heterocycles. The minimum absolute atomic E-state index is 0.0273. The van der Waals surface area contributed by atoms with Crippen LogP contribution in [-0.4, -0.2) is 28.4 Å². The SMILES string of the molecule is CC.CC/C(C)=C/N=C(C)c1cc2c(cc1C)CCCC2.CC1COc2cc3ncnc(Nc4cccc(Br)c4F)c3cc2O1.CCC(C)c1ccc(Cl)c(Cl)c1F. The van der Waals surface area contributed by atoms with Crippen LogP contribution in [0.1, 0.15) is 115 Å². The minimum atomic E-state index is -0.386. The molecular weight excluding hydrogens is 841 g/mol. The van der Waals surface area contributed by atoms with E-state index < -0.39 is 0 Å². The Hall–Kier alpha value is -4.05. The van der Waals surface area contributed by atoms with Crippen molar-refractivity contribution in [1.29, 1.82) is 0 Å². The zero-order chi connectivity index (χ0) is 42.5. The maximum absolute atomic E-state index is 14.2. The van der Waals surface area contributed by atoms with Gasteiger partial charge >= 0.3 is 0 Å². The molecule has 0 saturated carbocycles. The van der Waals surface area contributed by atoms with Gasteiger partial charge in [-0.05, 0) is 146 Å². The van der Waals surface area contributed by atoms with E-state index in [4.69, 9.17) is 32.7 Å². The number of fused-ring (bicyclic) bond motifs is 3. The summed E-state index contributed by atoms with van der Waals surface area (Å²) in [6, 6.07) is 16.7. The first kappa shape index (κ1) is 46.6. The van der Waals surface area contributed by atoms with Crippen LogP contribution in [0.5, 0.6) is 11.5 Å². The summed E-state index contributed by atoms with van der Waals surface area (Å²) in [6.07, 6.45) is 10.5. The average molecular weight is 897 g/mol. The summed E-state index contributed by atoms with van der Waals surface area (Å²) in [5.74, 6) is 1.20. The summed E-state index contributed by atoms with van der Waals surface area (Å²) < 4.78 is 39.5. The zero-order valence-electron chi connectivity index (χ0n) is 35.0. The highest BCUT2D eigenvalue weighted by molar-refractivity contribution is 9.10. The lowest BCUT2D eigenvalue weighted by atomic mass is 9.87. The van der Waals surface area contributed by atoms with Gasteiger partial charge in [-0.25, -0.2) is 18.7 Å². The van der Waals surface area contributed by atoms with Crippen molar-refractivity contribution in [3.63, 3.8) is 0 Å². The average Bonchev–Trinajstić information content (AvgIpc) is 3.23.